The molecule has 4 nitrogen and oxygen atoms in total. The van der Waals surface area contributed by atoms with Crippen LogP contribution in [-0.4, -0.2) is 13.7 Å². The molecule has 0 saturated heterocycles. The van der Waals surface area contributed by atoms with Gasteiger partial charge in [-0.25, -0.2) is 0 Å². The summed E-state index contributed by atoms with van der Waals surface area (Å²) in [5.41, 5.74) is 2.13. The lowest BCUT2D eigenvalue weighted by atomic mass is 10.2. The number of nitrogens with one attached hydrogen (secondary N) is 1. The molecular formula is C21H22BrNO3S. The quantitative estimate of drug-likeness (QED) is 0.429. The normalized spacial score (nSPS) is 10.5. The van der Waals surface area contributed by atoms with Crippen molar-refractivity contribution in [3.63, 3.8) is 0 Å². The van der Waals surface area contributed by atoms with E-state index in [0.29, 0.717) is 25.5 Å². The number of ether oxygens (including phenoxy) is 3. The summed E-state index contributed by atoms with van der Waals surface area (Å²) >= 11 is 5.28. The highest BCUT2D eigenvalue weighted by molar-refractivity contribution is 9.10. The maximum atomic E-state index is 5.96. The van der Waals surface area contributed by atoms with Gasteiger partial charge in [-0.2, -0.15) is 0 Å². The van der Waals surface area contributed by atoms with Crippen molar-refractivity contribution >= 4 is 33.0 Å². The summed E-state index contributed by atoms with van der Waals surface area (Å²) in [6.07, 6.45) is 0. The number of methoxy groups -OCH3 is 1. The van der Waals surface area contributed by atoms with E-state index in [1.54, 1.807) is 18.4 Å². The number of benzene rings is 2. The van der Waals surface area contributed by atoms with Crippen LogP contribution < -0.4 is 19.5 Å². The summed E-state index contributed by atoms with van der Waals surface area (Å²) in [7, 11) is 1.66. The van der Waals surface area contributed by atoms with Gasteiger partial charge in [-0.15, -0.1) is 11.3 Å². The summed E-state index contributed by atoms with van der Waals surface area (Å²) in [6.45, 7) is 3.84. The summed E-state index contributed by atoms with van der Waals surface area (Å²) < 4.78 is 17.8. The monoisotopic (exact) mass is 447 g/mol. The lowest BCUT2D eigenvalue weighted by molar-refractivity contribution is 0.285. The van der Waals surface area contributed by atoms with Gasteiger partial charge >= 0.3 is 0 Å². The molecule has 0 aliphatic rings. The van der Waals surface area contributed by atoms with Crippen molar-refractivity contribution in [2.24, 2.45) is 0 Å². The molecular weight excluding hydrogens is 426 g/mol. The molecule has 0 atom stereocenters. The molecule has 0 bridgehead atoms. The molecule has 2 aromatic carbocycles. The van der Waals surface area contributed by atoms with Crippen molar-refractivity contribution in [3.05, 3.63) is 68.8 Å². The molecule has 0 fully saturated rings. The fourth-order valence-corrected chi connectivity index (χ4v) is 3.81. The Balaban J connectivity index is 1.66. The first kappa shape index (κ1) is 19.6. The number of rotatable bonds is 9. The first-order valence-corrected chi connectivity index (χ1v) is 10.3. The number of thiophene rings is 1. The van der Waals surface area contributed by atoms with Gasteiger partial charge in [-0.3, -0.25) is 0 Å². The predicted molar refractivity (Wildman–Crippen MR) is 114 cm³/mol. The van der Waals surface area contributed by atoms with E-state index in [-0.39, 0.29) is 0 Å². The zero-order valence-corrected chi connectivity index (χ0v) is 17.7. The van der Waals surface area contributed by atoms with Crippen LogP contribution in [0, 0.1) is 0 Å². The molecule has 0 saturated carbocycles. The van der Waals surface area contributed by atoms with E-state index in [9.17, 15) is 0 Å². The lowest BCUT2D eigenvalue weighted by Gasteiger charge is -2.15. The maximum absolute atomic E-state index is 5.96. The van der Waals surface area contributed by atoms with Gasteiger partial charge in [0.1, 0.15) is 12.4 Å². The number of anilines is 1. The first-order valence-electron chi connectivity index (χ1n) is 8.68. The third-order valence-electron chi connectivity index (χ3n) is 3.89. The Morgan fingerprint density at radius 3 is 2.56 bits per heavy atom. The van der Waals surface area contributed by atoms with Crippen molar-refractivity contribution in [3.8, 4) is 17.2 Å². The molecule has 1 N–H and O–H groups in total. The van der Waals surface area contributed by atoms with Gasteiger partial charge in [-0.1, -0.05) is 6.07 Å². The number of hydrogen-bond acceptors (Lipinski definition) is 5. The van der Waals surface area contributed by atoms with E-state index in [1.165, 1.54) is 4.88 Å². The van der Waals surface area contributed by atoms with E-state index < -0.39 is 0 Å². The third kappa shape index (κ3) is 5.40. The summed E-state index contributed by atoms with van der Waals surface area (Å²) in [5, 5.41) is 5.45. The summed E-state index contributed by atoms with van der Waals surface area (Å²) in [5.74, 6) is 2.31. The smallest absolute Gasteiger partial charge is 0.175 e. The largest absolute Gasteiger partial charge is 0.494 e. The highest BCUT2D eigenvalue weighted by Crippen LogP contribution is 2.37. The van der Waals surface area contributed by atoms with Gasteiger partial charge in [0.15, 0.2) is 11.5 Å². The van der Waals surface area contributed by atoms with E-state index in [1.807, 2.05) is 54.8 Å². The zero-order chi connectivity index (χ0) is 19.1. The predicted octanol–water partition coefficient (Wildman–Crippen LogP) is 6.11. The minimum absolute atomic E-state index is 0.524. The van der Waals surface area contributed by atoms with E-state index in [0.717, 1.165) is 27.2 Å². The Morgan fingerprint density at radius 1 is 1.07 bits per heavy atom. The summed E-state index contributed by atoms with van der Waals surface area (Å²) in [6, 6.07) is 16.1. The van der Waals surface area contributed by atoms with Crippen molar-refractivity contribution in [2.75, 3.05) is 19.0 Å². The molecule has 0 radical (unpaired) electrons. The highest BCUT2D eigenvalue weighted by atomic mass is 79.9. The molecule has 0 spiro atoms. The van der Waals surface area contributed by atoms with Gasteiger partial charge in [0.05, 0.1) is 18.2 Å². The molecule has 27 heavy (non-hydrogen) atoms. The van der Waals surface area contributed by atoms with E-state index >= 15 is 0 Å². The SMILES string of the molecule is CCOc1ccc(NCc2cc(Br)c(OCc3cccs3)c(OC)c2)cc1. The van der Waals surface area contributed by atoms with Crippen molar-refractivity contribution in [1.29, 1.82) is 0 Å². The fraction of sp³-hybridized carbons (Fsp3) is 0.238. The number of halogens is 1. The Kier molecular flexibility index (Phi) is 7.01. The topological polar surface area (TPSA) is 39.7 Å². The van der Waals surface area contributed by atoms with Crippen LogP contribution in [0.3, 0.4) is 0 Å². The second-order valence-corrected chi connectivity index (χ2v) is 7.67. The lowest BCUT2D eigenvalue weighted by Crippen LogP contribution is -2.02. The fourth-order valence-electron chi connectivity index (χ4n) is 2.59. The Bertz CT molecular complexity index is 851. The van der Waals surface area contributed by atoms with Gasteiger partial charge in [0, 0.05) is 17.1 Å². The average molecular weight is 448 g/mol. The van der Waals surface area contributed by atoms with Gasteiger partial charge in [0.25, 0.3) is 0 Å². The Labute approximate surface area is 172 Å². The van der Waals surface area contributed by atoms with Crippen LogP contribution in [0.25, 0.3) is 0 Å². The Morgan fingerprint density at radius 2 is 1.89 bits per heavy atom. The van der Waals surface area contributed by atoms with E-state index in [2.05, 4.69) is 27.3 Å². The molecule has 0 aliphatic heterocycles. The van der Waals surface area contributed by atoms with Crippen LogP contribution in [0.1, 0.15) is 17.4 Å². The van der Waals surface area contributed by atoms with Crippen molar-refractivity contribution in [2.45, 2.75) is 20.1 Å². The number of hydrogen-bond donors (Lipinski definition) is 1. The van der Waals surface area contributed by atoms with Crippen LogP contribution >= 0.6 is 27.3 Å². The van der Waals surface area contributed by atoms with Gasteiger partial charge in [0.2, 0.25) is 0 Å². The minimum atomic E-state index is 0.524. The maximum Gasteiger partial charge on any atom is 0.175 e. The van der Waals surface area contributed by atoms with Crippen LogP contribution in [0.4, 0.5) is 5.69 Å². The third-order valence-corrected chi connectivity index (χ3v) is 5.33. The molecule has 1 heterocycles. The van der Waals surface area contributed by atoms with Crippen molar-refractivity contribution in [1.82, 2.24) is 0 Å². The standard InChI is InChI=1S/C21H22BrNO3S/c1-3-25-17-8-6-16(7-9-17)23-13-15-11-19(22)21(20(12-15)24-2)26-14-18-5-4-10-27-18/h4-12,23H,3,13-14H2,1-2H3. The van der Waals surface area contributed by atoms with Gasteiger partial charge < -0.3 is 19.5 Å². The Hall–Kier alpha value is -2.18. The summed E-state index contributed by atoms with van der Waals surface area (Å²) in [4.78, 5) is 1.17. The molecule has 0 unspecified atom stereocenters. The molecule has 1 aromatic heterocycles. The second-order valence-electron chi connectivity index (χ2n) is 5.79. The molecule has 0 amide bonds. The molecule has 3 aromatic rings. The molecule has 3 rings (SSSR count). The molecule has 6 heteroatoms. The van der Waals surface area contributed by atoms with Crippen LogP contribution in [0.15, 0.2) is 58.4 Å². The first-order chi connectivity index (χ1) is 13.2. The van der Waals surface area contributed by atoms with E-state index in [4.69, 9.17) is 14.2 Å². The van der Waals surface area contributed by atoms with Crippen molar-refractivity contribution < 1.29 is 14.2 Å². The molecule has 142 valence electrons. The minimum Gasteiger partial charge on any atom is -0.494 e. The molecule has 0 aliphatic carbocycles. The average Bonchev–Trinajstić information content (AvgIpc) is 3.20. The second kappa shape index (κ2) is 9.67. The zero-order valence-electron chi connectivity index (χ0n) is 15.3. The van der Waals surface area contributed by atoms with Crippen LogP contribution in [0.5, 0.6) is 17.2 Å². The van der Waals surface area contributed by atoms with Gasteiger partial charge in [-0.05, 0) is 76.3 Å². The highest BCUT2D eigenvalue weighted by Gasteiger charge is 2.12. The van der Waals surface area contributed by atoms with Crippen LogP contribution in [0.2, 0.25) is 0 Å². The van der Waals surface area contributed by atoms with Crippen LogP contribution in [-0.2, 0) is 13.2 Å².